The van der Waals surface area contributed by atoms with Crippen LogP contribution in [0.25, 0.3) is 0 Å². The molecular weight excluding hydrogens is 369 g/mol. The van der Waals surface area contributed by atoms with Gasteiger partial charge in [-0.1, -0.05) is 12.1 Å². The molecule has 1 aliphatic heterocycles. The number of hydrogen-bond donors (Lipinski definition) is 1. The second-order valence-corrected chi connectivity index (χ2v) is 6.15. The van der Waals surface area contributed by atoms with E-state index in [-0.39, 0.29) is 37.6 Å². The molecule has 0 radical (unpaired) electrons. The molecule has 27 heavy (non-hydrogen) atoms. The number of rotatable bonds is 5. The third-order valence-corrected chi connectivity index (χ3v) is 4.30. The Bertz CT molecular complexity index is 718. The first-order valence-electron chi connectivity index (χ1n) is 8.21. The number of carbonyl (C=O) groups excluding carboxylic acids is 2. The van der Waals surface area contributed by atoms with Crippen LogP contribution in [0, 0.1) is 10.1 Å². The topological polar surface area (TPSA) is 95.8 Å². The minimum Gasteiger partial charge on any atom is -0.340 e. The molecule has 2 rings (SSSR count). The summed E-state index contributed by atoms with van der Waals surface area (Å²) in [6.45, 7) is 2.22. The highest BCUT2D eigenvalue weighted by atomic mass is 19.4. The quantitative estimate of drug-likeness (QED) is 0.615. The first-order chi connectivity index (χ1) is 12.6. The largest absolute Gasteiger partial charge is 0.397 e. The highest BCUT2D eigenvalue weighted by molar-refractivity contribution is 5.96. The van der Waals surface area contributed by atoms with Gasteiger partial charge in [-0.25, -0.2) is 0 Å². The molecule has 1 aromatic carbocycles. The van der Waals surface area contributed by atoms with Crippen LogP contribution in [-0.4, -0.2) is 64.9 Å². The van der Waals surface area contributed by atoms with Crippen molar-refractivity contribution in [2.45, 2.75) is 25.6 Å². The van der Waals surface area contributed by atoms with Crippen molar-refractivity contribution >= 4 is 23.2 Å². The van der Waals surface area contributed by atoms with E-state index in [1.165, 1.54) is 18.2 Å². The third-order valence-electron chi connectivity index (χ3n) is 4.30. The fourth-order valence-electron chi connectivity index (χ4n) is 2.78. The van der Waals surface area contributed by atoms with Crippen LogP contribution in [0.1, 0.15) is 13.3 Å². The number of halogens is 3. The lowest BCUT2D eigenvalue weighted by Crippen LogP contribution is -2.54. The zero-order valence-corrected chi connectivity index (χ0v) is 14.5. The third kappa shape index (κ3) is 5.64. The van der Waals surface area contributed by atoms with E-state index in [2.05, 4.69) is 5.32 Å². The molecule has 1 aliphatic rings. The molecule has 1 N–H and O–H groups in total. The number of piperazine rings is 1. The molecule has 2 amide bonds. The number of amides is 2. The molecule has 1 fully saturated rings. The Kier molecular flexibility index (Phi) is 6.37. The van der Waals surface area contributed by atoms with Gasteiger partial charge in [-0.15, -0.1) is 0 Å². The number of hydrogen-bond acceptors (Lipinski definition) is 5. The molecule has 1 atom stereocenters. The van der Waals surface area contributed by atoms with Crippen LogP contribution in [-0.2, 0) is 9.59 Å². The van der Waals surface area contributed by atoms with E-state index in [4.69, 9.17) is 0 Å². The van der Waals surface area contributed by atoms with Gasteiger partial charge < -0.3 is 10.2 Å². The minimum atomic E-state index is -4.55. The second kappa shape index (κ2) is 8.33. The maximum Gasteiger partial charge on any atom is 0.397 e. The summed E-state index contributed by atoms with van der Waals surface area (Å²) in [5.74, 6) is -1.46. The number of benzene rings is 1. The van der Waals surface area contributed by atoms with Crippen molar-refractivity contribution in [3.05, 3.63) is 34.4 Å². The Labute approximate surface area is 153 Å². The predicted molar refractivity (Wildman–Crippen MR) is 90.0 cm³/mol. The van der Waals surface area contributed by atoms with Crippen molar-refractivity contribution in [2.24, 2.45) is 0 Å². The number of nitro benzene ring substituents is 1. The maximum absolute atomic E-state index is 12.4. The van der Waals surface area contributed by atoms with Crippen LogP contribution in [0.5, 0.6) is 0 Å². The van der Waals surface area contributed by atoms with Crippen molar-refractivity contribution in [1.82, 2.24) is 9.80 Å². The van der Waals surface area contributed by atoms with Gasteiger partial charge in [0.1, 0.15) is 12.1 Å². The number of alkyl halides is 3. The van der Waals surface area contributed by atoms with E-state index in [9.17, 15) is 32.9 Å². The van der Waals surface area contributed by atoms with Gasteiger partial charge in [0.25, 0.3) is 5.69 Å². The van der Waals surface area contributed by atoms with E-state index in [1.54, 1.807) is 17.9 Å². The molecular formula is C16H19F3N4O4. The van der Waals surface area contributed by atoms with Crippen LogP contribution in [0.3, 0.4) is 0 Å². The number of carbonyl (C=O) groups is 2. The SMILES string of the molecule is CC(C(=O)Nc1ccccc1[N+](=O)[O-])N1CCN(C(=O)CC(F)(F)F)CC1. The number of nitrogens with one attached hydrogen (secondary N) is 1. The van der Waals surface area contributed by atoms with Crippen molar-refractivity contribution in [1.29, 1.82) is 0 Å². The molecule has 1 heterocycles. The summed E-state index contributed by atoms with van der Waals surface area (Å²) >= 11 is 0. The molecule has 1 unspecified atom stereocenters. The Morgan fingerprint density at radius 3 is 2.37 bits per heavy atom. The van der Waals surface area contributed by atoms with Gasteiger partial charge in [-0.05, 0) is 13.0 Å². The van der Waals surface area contributed by atoms with E-state index in [0.717, 1.165) is 4.90 Å². The lowest BCUT2D eigenvalue weighted by molar-refractivity contribution is -0.383. The summed E-state index contributed by atoms with van der Waals surface area (Å²) in [4.78, 5) is 37.2. The minimum absolute atomic E-state index is 0.0679. The van der Waals surface area contributed by atoms with Gasteiger partial charge in [0.2, 0.25) is 11.8 Å². The number of para-hydroxylation sites is 2. The van der Waals surface area contributed by atoms with Crippen LogP contribution in [0.4, 0.5) is 24.5 Å². The normalized spacial score (nSPS) is 16.7. The summed E-state index contributed by atoms with van der Waals surface area (Å²) in [7, 11) is 0. The summed E-state index contributed by atoms with van der Waals surface area (Å²) in [6, 6.07) is 5.05. The van der Waals surface area contributed by atoms with Crippen molar-refractivity contribution in [3.8, 4) is 0 Å². The molecule has 0 saturated carbocycles. The summed E-state index contributed by atoms with van der Waals surface area (Å²) in [5, 5.41) is 13.5. The molecule has 148 valence electrons. The Hall–Kier alpha value is -2.69. The van der Waals surface area contributed by atoms with Crippen LogP contribution in [0.2, 0.25) is 0 Å². The molecule has 0 bridgehead atoms. The molecule has 1 saturated heterocycles. The summed E-state index contributed by atoms with van der Waals surface area (Å²) in [6.07, 6.45) is -6.05. The fraction of sp³-hybridized carbons (Fsp3) is 0.500. The molecule has 11 heteroatoms. The van der Waals surface area contributed by atoms with E-state index < -0.39 is 35.4 Å². The summed E-state index contributed by atoms with van der Waals surface area (Å²) < 4.78 is 36.9. The highest BCUT2D eigenvalue weighted by Gasteiger charge is 2.35. The van der Waals surface area contributed by atoms with Crippen LogP contribution < -0.4 is 5.32 Å². The van der Waals surface area contributed by atoms with Gasteiger partial charge in [0, 0.05) is 32.2 Å². The average Bonchev–Trinajstić information content (AvgIpc) is 2.60. The number of nitrogens with zero attached hydrogens (tertiary/aromatic N) is 3. The molecule has 0 aliphatic carbocycles. The number of anilines is 1. The zero-order valence-electron chi connectivity index (χ0n) is 14.5. The molecule has 1 aromatic rings. The van der Waals surface area contributed by atoms with Crippen molar-refractivity contribution in [3.63, 3.8) is 0 Å². The lowest BCUT2D eigenvalue weighted by Gasteiger charge is -2.37. The predicted octanol–water partition coefficient (Wildman–Crippen LogP) is 2.02. The van der Waals surface area contributed by atoms with Gasteiger partial charge in [-0.2, -0.15) is 13.2 Å². The average molecular weight is 388 g/mol. The first kappa shape index (κ1) is 20.6. The van der Waals surface area contributed by atoms with Gasteiger partial charge in [0.15, 0.2) is 0 Å². The number of nitro groups is 1. The van der Waals surface area contributed by atoms with E-state index in [0.29, 0.717) is 0 Å². The summed E-state index contributed by atoms with van der Waals surface area (Å²) in [5.41, 5.74) is -0.168. The standard InChI is InChI=1S/C16H19F3N4O4/c1-11(15(25)20-12-4-2-3-5-13(12)23(26)27)21-6-8-22(9-7-21)14(24)10-16(17,18)19/h2-5,11H,6-10H2,1H3,(H,20,25). The Morgan fingerprint density at radius 1 is 1.22 bits per heavy atom. The molecule has 0 spiro atoms. The molecule has 8 nitrogen and oxygen atoms in total. The van der Waals surface area contributed by atoms with E-state index >= 15 is 0 Å². The van der Waals surface area contributed by atoms with Crippen LogP contribution >= 0.6 is 0 Å². The zero-order chi connectivity index (χ0) is 20.2. The smallest absolute Gasteiger partial charge is 0.340 e. The van der Waals surface area contributed by atoms with Crippen molar-refractivity contribution in [2.75, 3.05) is 31.5 Å². The van der Waals surface area contributed by atoms with Crippen molar-refractivity contribution < 1.29 is 27.7 Å². The second-order valence-electron chi connectivity index (χ2n) is 6.15. The van der Waals surface area contributed by atoms with E-state index in [1.807, 2.05) is 0 Å². The van der Waals surface area contributed by atoms with Gasteiger partial charge in [-0.3, -0.25) is 24.6 Å². The van der Waals surface area contributed by atoms with Crippen LogP contribution in [0.15, 0.2) is 24.3 Å². The first-order valence-corrected chi connectivity index (χ1v) is 8.21. The highest BCUT2D eigenvalue weighted by Crippen LogP contribution is 2.24. The Morgan fingerprint density at radius 2 is 1.81 bits per heavy atom. The Balaban J connectivity index is 1.92. The maximum atomic E-state index is 12.4. The van der Waals surface area contributed by atoms with Gasteiger partial charge >= 0.3 is 6.18 Å². The monoisotopic (exact) mass is 388 g/mol. The molecule has 0 aromatic heterocycles. The lowest BCUT2D eigenvalue weighted by atomic mass is 10.2. The van der Waals surface area contributed by atoms with Gasteiger partial charge in [0.05, 0.1) is 11.0 Å². The fourth-order valence-corrected chi connectivity index (χ4v) is 2.78.